The normalized spacial score (nSPS) is 11.1. The molecule has 1 heterocycles. The van der Waals surface area contributed by atoms with Gasteiger partial charge in [0.2, 0.25) is 5.91 Å². The van der Waals surface area contributed by atoms with Crippen LogP contribution < -0.4 is 5.32 Å². The van der Waals surface area contributed by atoms with E-state index in [1.165, 1.54) is 0 Å². The molecule has 0 unspecified atom stereocenters. The number of nitriles is 1. The number of aryl methyl sites for hydroxylation is 1. The van der Waals surface area contributed by atoms with Crippen LogP contribution in [0.5, 0.6) is 0 Å². The predicted molar refractivity (Wildman–Crippen MR) is 70.9 cm³/mol. The van der Waals surface area contributed by atoms with Crippen LogP contribution in [0.3, 0.4) is 0 Å². The van der Waals surface area contributed by atoms with Gasteiger partial charge in [-0.05, 0) is 19.8 Å². The Morgan fingerprint density at radius 1 is 1.47 bits per heavy atom. The third-order valence-corrected chi connectivity index (χ3v) is 3.10. The SMILES string of the molecule is CCCC(C#N)(CCC)C(=O)NCc1cc(C)no1. The molecule has 1 rings (SSSR count). The molecular formula is C14H21N3O2. The molecule has 0 spiro atoms. The van der Waals surface area contributed by atoms with Crippen LogP contribution in [0.4, 0.5) is 0 Å². The Balaban J connectivity index is 2.69. The van der Waals surface area contributed by atoms with Crippen molar-refractivity contribution >= 4 is 5.91 Å². The van der Waals surface area contributed by atoms with Gasteiger partial charge in [0, 0.05) is 6.07 Å². The molecule has 1 aromatic heterocycles. The number of amides is 1. The van der Waals surface area contributed by atoms with E-state index in [-0.39, 0.29) is 12.5 Å². The van der Waals surface area contributed by atoms with Crippen molar-refractivity contribution in [2.75, 3.05) is 0 Å². The fraction of sp³-hybridized carbons (Fsp3) is 0.643. The Bertz CT molecular complexity index is 454. The first-order valence-electron chi connectivity index (χ1n) is 6.69. The Morgan fingerprint density at radius 3 is 2.53 bits per heavy atom. The van der Waals surface area contributed by atoms with Gasteiger partial charge < -0.3 is 9.84 Å². The number of hydrogen-bond donors (Lipinski definition) is 1. The van der Waals surface area contributed by atoms with Crippen molar-refractivity contribution in [3.05, 3.63) is 17.5 Å². The maximum Gasteiger partial charge on any atom is 0.240 e. The van der Waals surface area contributed by atoms with Crippen LogP contribution in [-0.4, -0.2) is 11.1 Å². The highest BCUT2D eigenvalue weighted by atomic mass is 16.5. The number of hydrogen-bond acceptors (Lipinski definition) is 4. The Labute approximate surface area is 114 Å². The Morgan fingerprint density at radius 2 is 2.11 bits per heavy atom. The largest absolute Gasteiger partial charge is 0.359 e. The molecule has 5 heteroatoms. The molecule has 0 saturated carbocycles. The summed E-state index contributed by atoms with van der Waals surface area (Å²) in [7, 11) is 0. The van der Waals surface area contributed by atoms with E-state index in [0.717, 1.165) is 18.5 Å². The topological polar surface area (TPSA) is 78.9 Å². The summed E-state index contributed by atoms with van der Waals surface area (Å²) >= 11 is 0. The Hall–Kier alpha value is -1.83. The second-order valence-corrected chi connectivity index (χ2v) is 4.81. The lowest BCUT2D eigenvalue weighted by atomic mass is 9.80. The molecule has 0 aliphatic carbocycles. The fourth-order valence-corrected chi connectivity index (χ4v) is 2.20. The minimum Gasteiger partial charge on any atom is -0.359 e. The molecule has 0 saturated heterocycles. The van der Waals surface area contributed by atoms with Gasteiger partial charge in [-0.2, -0.15) is 5.26 Å². The number of carbonyl (C=O) groups excluding carboxylic acids is 1. The summed E-state index contributed by atoms with van der Waals surface area (Å²) in [6.45, 7) is 6.06. The maximum absolute atomic E-state index is 12.3. The number of aromatic nitrogens is 1. The zero-order valence-corrected chi connectivity index (χ0v) is 11.8. The molecule has 0 bridgehead atoms. The molecule has 0 aliphatic rings. The van der Waals surface area contributed by atoms with Gasteiger partial charge in [0.1, 0.15) is 5.41 Å². The average Bonchev–Trinajstić information content (AvgIpc) is 2.81. The van der Waals surface area contributed by atoms with E-state index in [1.54, 1.807) is 6.07 Å². The molecule has 5 nitrogen and oxygen atoms in total. The number of nitrogens with one attached hydrogen (secondary N) is 1. The second-order valence-electron chi connectivity index (χ2n) is 4.81. The average molecular weight is 263 g/mol. The molecule has 0 fully saturated rings. The number of nitrogens with zero attached hydrogens (tertiary/aromatic N) is 2. The monoisotopic (exact) mass is 263 g/mol. The quantitative estimate of drug-likeness (QED) is 0.820. The lowest BCUT2D eigenvalue weighted by Crippen LogP contribution is -2.39. The van der Waals surface area contributed by atoms with Gasteiger partial charge in [0.05, 0.1) is 18.3 Å². The molecule has 19 heavy (non-hydrogen) atoms. The van der Waals surface area contributed by atoms with E-state index in [9.17, 15) is 10.1 Å². The van der Waals surface area contributed by atoms with E-state index in [2.05, 4.69) is 16.5 Å². The molecule has 0 aromatic carbocycles. The van der Waals surface area contributed by atoms with Gasteiger partial charge in [-0.25, -0.2) is 0 Å². The summed E-state index contributed by atoms with van der Waals surface area (Å²) < 4.78 is 5.03. The van der Waals surface area contributed by atoms with Crippen LogP contribution in [0.25, 0.3) is 0 Å². The molecular weight excluding hydrogens is 242 g/mol. The lowest BCUT2D eigenvalue weighted by molar-refractivity contribution is -0.129. The highest BCUT2D eigenvalue weighted by Gasteiger charge is 2.36. The van der Waals surface area contributed by atoms with Crippen LogP contribution >= 0.6 is 0 Å². The molecule has 1 amide bonds. The van der Waals surface area contributed by atoms with Gasteiger partial charge in [0.15, 0.2) is 5.76 Å². The van der Waals surface area contributed by atoms with E-state index in [0.29, 0.717) is 18.6 Å². The smallest absolute Gasteiger partial charge is 0.240 e. The van der Waals surface area contributed by atoms with Crippen molar-refractivity contribution in [3.63, 3.8) is 0 Å². The standard InChI is InChI=1S/C14H21N3O2/c1-4-6-14(10-15,7-5-2)13(18)16-9-12-8-11(3)17-19-12/h8H,4-7,9H2,1-3H3,(H,16,18). The first-order valence-corrected chi connectivity index (χ1v) is 6.69. The van der Waals surface area contributed by atoms with Crippen LogP contribution in [0.1, 0.15) is 51.0 Å². The molecule has 1 aromatic rings. The summed E-state index contributed by atoms with van der Waals surface area (Å²) in [4.78, 5) is 12.3. The second kappa shape index (κ2) is 6.93. The van der Waals surface area contributed by atoms with Gasteiger partial charge in [-0.15, -0.1) is 0 Å². The zero-order chi connectivity index (χ0) is 14.3. The Kier molecular flexibility index (Phi) is 5.56. The maximum atomic E-state index is 12.3. The molecule has 0 radical (unpaired) electrons. The number of carbonyl (C=O) groups is 1. The zero-order valence-electron chi connectivity index (χ0n) is 11.8. The van der Waals surface area contributed by atoms with Gasteiger partial charge in [0.25, 0.3) is 0 Å². The summed E-state index contributed by atoms with van der Waals surface area (Å²) in [6, 6.07) is 3.97. The van der Waals surface area contributed by atoms with Crippen molar-refractivity contribution in [2.45, 2.75) is 53.0 Å². The third-order valence-electron chi connectivity index (χ3n) is 3.10. The van der Waals surface area contributed by atoms with Gasteiger partial charge in [-0.3, -0.25) is 4.79 Å². The molecule has 1 N–H and O–H groups in total. The predicted octanol–water partition coefficient (Wildman–Crippen LogP) is 2.71. The number of rotatable bonds is 7. The molecule has 104 valence electrons. The van der Waals surface area contributed by atoms with Crippen LogP contribution in [0, 0.1) is 23.7 Å². The van der Waals surface area contributed by atoms with Crippen LogP contribution in [0.2, 0.25) is 0 Å². The summed E-state index contributed by atoms with van der Waals surface area (Å²) in [5, 5.41) is 15.9. The van der Waals surface area contributed by atoms with Crippen molar-refractivity contribution in [1.82, 2.24) is 10.5 Å². The van der Waals surface area contributed by atoms with Crippen molar-refractivity contribution in [1.29, 1.82) is 5.26 Å². The van der Waals surface area contributed by atoms with E-state index in [4.69, 9.17) is 4.52 Å². The molecule has 0 atom stereocenters. The van der Waals surface area contributed by atoms with Gasteiger partial charge >= 0.3 is 0 Å². The first kappa shape index (κ1) is 15.2. The minimum absolute atomic E-state index is 0.215. The first-order chi connectivity index (χ1) is 9.07. The highest BCUT2D eigenvalue weighted by molar-refractivity contribution is 5.85. The van der Waals surface area contributed by atoms with Gasteiger partial charge in [-0.1, -0.05) is 31.8 Å². The van der Waals surface area contributed by atoms with Crippen LogP contribution in [-0.2, 0) is 11.3 Å². The summed E-state index contributed by atoms with van der Waals surface area (Å²) in [5.41, 5.74) is -0.142. The van der Waals surface area contributed by atoms with E-state index in [1.807, 2.05) is 20.8 Å². The summed E-state index contributed by atoms with van der Waals surface area (Å²) in [6.07, 6.45) is 2.78. The van der Waals surface area contributed by atoms with Crippen molar-refractivity contribution in [3.8, 4) is 6.07 Å². The third kappa shape index (κ3) is 3.82. The van der Waals surface area contributed by atoms with E-state index < -0.39 is 5.41 Å². The highest BCUT2D eigenvalue weighted by Crippen LogP contribution is 2.29. The van der Waals surface area contributed by atoms with E-state index >= 15 is 0 Å². The van der Waals surface area contributed by atoms with Crippen molar-refractivity contribution < 1.29 is 9.32 Å². The van der Waals surface area contributed by atoms with Crippen molar-refractivity contribution in [2.24, 2.45) is 5.41 Å². The lowest BCUT2D eigenvalue weighted by Gasteiger charge is -2.24. The summed E-state index contributed by atoms with van der Waals surface area (Å²) in [5.74, 6) is 0.387. The fourth-order valence-electron chi connectivity index (χ4n) is 2.20. The molecule has 0 aliphatic heterocycles. The van der Waals surface area contributed by atoms with Crippen LogP contribution in [0.15, 0.2) is 10.6 Å². The minimum atomic E-state index is -0.918.